The van der Waals surface area contributed by atoms with Gasteiger partial charge in [-0.15, -0.1) is 0 Å². The van der Waals surface area contributed by atoms with Gasteiger partial charge in [0.2, 0.25) is 0 Å². The third kappa shape index (κ3) is 5.67. The number of nitrogens with zero attached hydrogens (tertiary/aromatic N) is 2. The van der Waals surface area contributed by atoms with Gasteiger partial charge < -0.3 is 15.5 Å². The summed E-state index contributed by atoms with van der Waals surface area (Å²) >= 11 is 0. The van der Waals surface area contributed by atoms with E-state index in [2.05, 4.69) is 39.6 Å². The SMILES string of the molecule is CC(C)CC(CN(C)C)NC(=O)Nc1cn[nH]c1. The molecule has 18 heavy (non-hydrogen) atoms. The first-order chi connectivity index (χ1) is 8.47. The lowest BCUT2D eigenvalue weighted by Crippen LogP contribution is -2.44. The highest BCUT2D eigenvalue weighted by Gasteiger charge is 2.15. The Balaban J connectivity index is 2.45. The van der Waals surface area contributed by atoms with Crippen LogP contribution >= 0.6 is 0 Å². The molecule has 0 spiro atoms. The van der Waals surface area contributed by atoms with Crippen LogP contribution in [0.15, 0.2) is 12.4 Å². The molecule has 0 fully saturated rings. The molecule has 0 radical (unpaired) electrons. The van der Waals surface area contributed by atoms with Crippen LogP contribution in [-0.2, 0) is 0 Å². The fourth-order valence-electron chi connectivity index (χ4n) is 1.86. The molecule has 102 valence electrons. The topological polar surface area (TPSA) is 73.1 Å². The average Bonchev–Trinajstić information content (AvgIpc) is 2.67. The predicted octanol–water partition coefficient (Wildman–Crippen LogP) is 1.51. The minimum Gasteiger partial charge on any atom is -0.334 e. The van der Waals surface area contributed by atoms with Crippen LogP contribution < -0.4 is 10.6 Å². The first-order valence-electron chi connectivity index (χ1n) is 6.18. The quantitative estimate of drug-likeness (QED) is 0.719. The van der Waals surface area contributed by atoms with E-state index in [-0.39, 0.29) is 12.1 Å². The number of carbonyl (C=O) groups excluding carboxylic acids is 1. The van der Waals surface area contributed by atoms with E-state index in [1.54, 1.807) is 12.4 Å². The van der Waals surface area contributed by atoms with E-state index >= 15 is 0 Å². The number of amides is 2. The lowest BCUT2D eigenvalue weighted by molar-refractivity contribution is 0.240. The molecule has 1 unspecified atom stereocenters. The van der Waals surface area contributed by atoms with E-state index in [0.717, 1.165) is 13.0 Å². The van der Waals surface area contributed by atoms with Gasteiger partial charge in [0, 0.05) is 18.8 Å². The number of aromatic amines is 1. The van der Waals surface area contributed by atoms with Crippen molar-refractivity contribution < 1.29 is 4.79 Å². The second kappa shape index (κ2) is 7.00. The fourth-order valence-corrected chi connectivity index (χ4v) is 1.86. The third-order valence-corrected chi connectivity index (χ3v) is 2.43. The molecular formula is C12H23N5O. The van der Waals surface area contributed by atoms with Crippen molar-refractivity contribution in [1.29, 1.82) is 0 Å². The standard InChI is InChI=1S/C12H23N5O/c1-9(2)5-10(8-17(3)4)15-12(18)16-11-6-13-14-7-11/h6-7,9-10H,5,8H2,1-4H3,(H,13,14)(H2,15,16,18). The minimum absolute atomic E-state index is 0.145. The molecule has 1 aromatic heterocycles. The summed E-state index contributed by atoms with van der Waals surface area (Å²) in [6, 6.07) is -0.0456. The summed E-state index contributed by atoms with van der Waals surface area (Å²) in [6.45, 7) is 5.13. The van der Waals surface area contributed by atoms with Crippen molar-refractivity contribution in [2.75, 3.05) is 26.0 Å². The molecule has 1 aromatic rings. The number of nitrogens with one attached hydrogen (secondary N) is 3. The van der Waals surface area contributed by atoms with Gasteiger partial charge in [-0.25, -0.2) is 4.79 Å². The van der Waals surface area contributed by atoms with E-state index < -0.39 is 0 Å². The molecule has 0 aliphatic heterocycles. The Bertz CT molecular complexity index is 337. The monoisotopic (exact) mass is 253 g/mol. The van der Waals surface area contributed by atoms with Crippen molar-refractivity contribution in [2.24, 2.45) is 5.92 Å². The van der Waals surface area contributed by atoms with Crippen molar-refractivity contribution in [3.8, 4) is 0 Å². The largest absolute Gasteiger partial charge is 0.334 e. The zero-order valence-electron chi connectivity index (χ0n) is 11.5. The maximum atomic E-state index is 11.8. The predicted molar refractivity (Wildman–Crippen MR) is 72.5 cm³/mol. The van der Waals surface area contributed by atoms with E-state index in [4.69, 9.17) is 0 Å². The molecule has 0 aliphatic rings. The number of rotatable bonds is 6. The Hall–Kier alpha value is -1.56. The molecule has 0 bridgehead atoms. The van der Waals surface area contributed by atoms with Crippen molar-refractivity contribution in [1.82, 2.24) is 20.4 Å². The smallest absolute Gasteiger partial charge is 0.319 e. The second-order valence-corrected chi connectivity index (χ2v) is 5.17. The number of H-pyrrole nitrogens is 1. The Morgan fingerprint density at radius 2 is 2.22 bits per heavy atom. The zero-order valence-corrected chi connectivity index (χ0v) is 11.5. The van der Waals surface area contributed by atoms with Gasteiger partial charge in [0.25, 0.3) is 0 Å². The lowest BCUT2D eigenvalue weighted by Gasteiger charge is -2.23. The molecule has 1 atom stereocenters. The molecule has 0 aromatic carbocycles. The first kappa shape index (κ1) is 14.5. The zero-order chi connectivity index (χ0) is 13.5. The Kier molecular flexibility index (Phi) is 5.64. The van der Waals surface area contributed by atoms with Gasteiger partial charge in [0.05, 0.1) is 11.9 Å². The van der Waals surface area contributed by atoms with Crippen LogP contribution in [0.2, 0.25) is 0 Å². The molecule has 0 saturated carbocycles. The van der Waals surface area contributed by atoms with Crippen LogP contribution in [0.3, 0.4) is 0 Å². The Morgan fingerprint density at radius 1 is 1.50 bits per heavy atom. The molecule has 6 heteroatoms. The second-order valence-electron chi connectivity index (χ2n) is 5.17. The van der Waals surface area contributed by atoms with Gasteiger partial charge in [-0.1, -0.05) is 13.8 Å². The highest BCUT2D eigenvalue weighted by atomic mass is 16.2. The number of urea groups is 1. The minimum atomic E-state index is -0.191. The number of hydrogen-bond acceptors (Lipinski definition) is 3. The van der Waals surface area contributed by atoms with Crippen LogP contribution in [0.4, 0.5) is 10.5 Å². The highest BCUT2D eigenvalue weighted by Crippen LogP contribution is 2.06. The molecule has 1 rings (SSSR count). The summed E-state index contributed by atoms with van der Waals surface area (Å²) in [4.78, 5) is 13.9. The van der Waals surface area contributed by atoms with Crippen molar-refractivity contribution in [3.05, 3.63) is 12.4 Å². The van der Waals surface area contributed by atoms with Gasteiger partial charge >= 0.3 is 6.03 Å². The molecule has 3 N–H and O–H groups in total. The van der Waals surface area contributed by atoms with Gasteiger partial charge in [-0.3, -0.25) is 5.10 Å². The number of carbonyl (C=O) groups is 1. The van der Waals surface area contributed by atoms with Crippen LogP contribution in [0.5, 0.6) is 0 Å². The third-order valence-electron chi connectivity index (χ3n) is 2.43. The molecule has 6 nitrogen and oxygen atoms in total. The van der Waals surface area contributed by atoms with Crippen LogP contribution in [-0.4, -0.2) is 47.8 Å². The summed E-state index contributed by atoms with van der Waals surface area (Å²) in [5.74, 6) is 0.546. The van der Waals surface area contributed by atoms with Crippen molar-refractivity contribution >= 4 is 11.7 Å². The van der Waals surface area contributed by atoms with Crippen LogP contribution in [0, 0.1) is 5.92 Å². The Labute approximate surface area is 108 Å². The van der Waals surface area contributed by atoms with Crippen molar-refractivity contribution in [3.63, 3.8) is 0 Å². The first-order valence-corrected chi connectivity index (χ1v) is 6.18. The molecule has 2 amide bonds. The molecular weight excluding hydrogens is 230 g/mol. The summed E-state index contributed by atoms with van der Waals surface area (Å²) in [7, 11) is 4.01. The summed E-state index contributed by atoms with van der Waals surface area (Å²) < 4.78 is 0. The van der Waals surface area contributed by atoms with Gasteiger partial charge in [-0.05, 0) is 26.4 Å². The Morgan fingerprint density at radius 3 is 2.72 bits per heavy atom. The maximum Gasteiger partial charge on any atom is 0.319 e. The molecule has 0 aliphatic carbocycles. The molecule has 0 saturated heterocycles. The van der Waals surface area contributed by atoms with E-state index in [0.29, 0.717) is 11.6 Å². The highest BCUT2D eigenvalue weighted by molar-refractivity contribution is 5.89. The number of aromatic nitrogens is 2. The van der Waals surface area contributed by atoms with Gasteiger partial charge in [-0.2, -0.15) is 5.10 Å². The van der Waals surface area contributed by atoms with Crippen LogP contribution in [0.25, 0.3) is 0 Å². The van der Waals surface area contributed by atoms with Gasteiger partial charge in [0.1, 0.15) is 0 Å². The van der Waals surface area contributed by atoms with E-state index in [9.17, 15) is 4.79 Å². The summed E-state index contributed by atoms with van der Waals surface area (Å²) in [5, 5.41) is 12.1. The normalized spacial score (nSPS) is 12.8. The van der Waals surface area contributed by atoms with E-state index in [1.807, 2.05) is 14.1 Å². The summed E-state index contributed by atoms with van der Waals surface area (Å²) in [5.41, 5.74) is 0.667. The number of anilines is 1. The summed E-state index contributed by atoms with van der Waals surface area (Å²) in [6.07, 6.45) is 4.17. The lowest BCUT2D eigenvalue weighted by atomic mass is 10.0. The van der Waals surface area contributed by atoms with Gasteiger partial charge in [0.15, 0.2) is 0 Å². The maximum absolute atomic E-state index is 11.8. The van der Waals surface area contributed by atoms with Crippen LogP contribution in [0.1, 0.15) is 20.3 Å². The van der Waals surface area contributed by atoms with E-state index in [1.165, 1.54) is 0 Å². The average molecular weight is 253 g/mol. The fraction of sp³-hybridized carbons (Fsp3) is 0.667. The number of hydrogen-bond donors (Lipinski definition) is 3. The molecule has 1 heterocycles. The number of likely N-dealkylation sites (N-methyl/N-ethyl adjacent to an activating group) is 1. The van der Waals surface area contributed by atoms with Crippen molar-refractivity contribution in [2.45, 2.75) is 26.3 Å².